The van der Waals surface area contributed by atoms with E-state index >= 15 is 0 Å². The van der Waals surface area contributed by atoms with Gasteiger partial charge >= 0.3 is 0 Å². The van der Waals surface area contributed by atoms with Crippen LogP contribution in [0.1, 0.15) is 75.0 Å². The summed E-state index contributed by atoms with van der Waals surface area (Å²) in [5, 5.41) is 33.8. The summed E-state index contributed by atoms with van der Waals surface area (Å²) >= 11 is 0. The number of rotatable bonds is 0. The number of H-pyrrole nitrogens is 1. The Morgan fingerprint density at radius 3 is 2.73 bits per heavy atom. The van der Waals surface area contributed by atoms with Crippen molar-refractivity contribution in [3.63, 3.8) is 0 Å². The van der Waals surface area contributed by atoms with Crippen molar-refractivity contribution >= 4 is 11.0 Å². The molecular formula is C21H27N3O2. The predicted molar refractivity (Wildman–Crippen MR) is 97.4 cm³/mol. The minimum absolute atomic E-state index is 0.0184. The molecule has 2 aromatic rings. The van der Waals surface area contributed by atoms with E-state index in [1.54, 1.807) is 0 Å². The third-order valence-corrected chi connectivity index (χ3v) is 8.91. The van der Waals surface area contributed by atoms with Gasteiger partial charge < -0.3 is 10.2 Å². The standard InChI is InChI=1S/C21H27N3O2/c1-20-7-6-12-13-2-3-15-19(23-24-22-15)17(13)16(25)10-14(12)18(20)11-4-8-21(20,26)9-5-11/h2-3,11-12,14,16,18,25-26H,4-10H2,1H3,(H,22,23,24)/t11?,12-,14-,16+,18+,20+,21?/m1/s1. The Balaban J connectivity index is 1.49. The molecule has 1 aromatic heterocycles. The van der Waals surface area contributed by atoms with Crippen molar-refractivity contribution in [3.05, 3.63) is 23.3 Å². The smallest absolute Gasteiger partial charge is 0.119 e. The second-order valence-corrected chi connectivity index (χ2v) is 9.63. The van der Waals surface area contributed by atoms with E-state index in [4.69, 9.17) is 0 Å². The van der Waals surface area contributed by atoms with Gasteiger partial charge in [0.05, 0.1) is 11.7 Å². The summed E-state index contributed by atoms with van der Waals surface area (Å²) in [5.41, 5.74) is 3.49. The second kappa shape index (κ2) is 4.87. The zero-order valence-electron chi connectivity index (χ0n) is 15.3. The van der Waals surface area contributed by atoms with Gasteiger partial charge in [-0.2, -0.15) is 15.4 Å². The molecule has 0 amide bonds. The minimum Gasteiger partial charge on any atom is -0.389 e. The van der Waals surface area contributed by atoms with Crippen LogP contribution in [0.15, 0.2) is 12.1 Å². The predicted octanol–water partition coefficient (Wildman–Crippen LogP) is 3.45. The summed E-state index contributed by atoms with van der Waals surface area (Å²) in [6.45, 7) is 2.35. The molecule has 5 nitrogen and oxygen atoms in total. The molecule has 0 radical (unpaired) electrons. The van der Waals surface area contributed by atoms with Crippen LogP contribution in [-0.4, -0.2) is 31.2 Å². The van der Waals surface area contributed by atoms with Crippen LogP contribution in [0.4, 0.5) is 0 Å². The molecule has 0 unspecified atom stereocenters. The molecule has 1 heterocycles. The molecular weight excluding hydrogens is 326 g/mol. The first-order valence-electron chi connectivity index (χ1n) is 10.3. The number of aromatic nitrogens is 3. The molecule has 5 aliphatic rings. The molecule has 138 valence electrons. The van der Waals surface area contributed by atoms with Crippen LogP contribution in [0.3, 0.4) is 0 Å². The van der Waals surface area contributed by atoms with Crippen molar-refractivity contribution in [1.82, 2.24) is 15.4 Å². The molecule has 5 atom stereocenters. The molecule has 7 rings (SSSR count). The normalized spacial score (nSPS) is 46.7. The maximum Gasteiger partial charge on any atom is 0.119 e. The lowest BCUT2D eigenvalue weighted by atomic mass is 9.40. The quantitative estimate of drug-likeness (QED) is 0.677. The number of hydrogen-bond acceptors (Lipinski definition) is 4. The van der Waals surface area contributed by atoms with Gasteiger partial charge in [-0.3, -0.25) is 0 Å². The number of fused-ring (bicyclic) bond motifs is 7. The van der Waals surface area contributed by atoms with Crippen molar-refractivity contribution in [2.24, 2.45) is 23.2 Å². The van der Waals surface area contributed by atoms with E-state index < -0.39 is 11.7 Å². The number of nitrogens with zero attached hydrogens (tertiary/aromatic N) is 2. The highest BCUT2D eigenvalue weighted by atomic mass is 16.3. The van der Waals surface area contributed by atoms with Gasteiger partial charge in [-0.1, -0.05) is 13.0 Å². The van der Waals surface area contributed by atoms with E-state index in [9.17, 15) is 10.2 Å². The van der Waals surface area contributed by atoms with Gasteiger partial charge in [0, 0.05) is 5.56 Å². The van der Waals surface area contributed by atoms with E-state index in [1.807, 2.05) is 6.07 Å². The van der Waals surface area contributed by atoms with Gasteiger partial charge in [0.2, 0.25) is 0 Å². The fourth-order valence-electron chi connectivity index (χ4n) is 7.71. The molecule has 26 heavy (non-hydrogen) atoms. The van der Waals surface area contributed by atoms with E-state index in [1.165, 1.54) is 5.56 Å². The molecule has 0 aliphatic heterocycles. The summed E-state index contributed by atoms with van der Waals surface area (Å²) < 4.78 is 0. The minimum atomic E-state index is -0.487. The van der Waals surface area contributed by atoms with Crippen molar-refractivity contribution in [3.8, 4) is 0 Å². The lowest BCUT2D eigenvalue weighted by Crippen LogP contribution is -2.64. The highest BCUT2D eigenvalue weighted by Gasteiger charge is 2.64. The van der Waals surface area contributed by atoms with E-state index in [0.717, 1.165) is 61.5 Å². The third kappa shape index (κ3) is 1.70. The van der Waals surface area contributed by atoms with Crippen LogP contribution in [0.2, 0.25) is 0 Å². The lowest BCUT2D eigenvalue weighted by Gasteiger charge is -2.66. The summed E-state index contributed by atoms with van der Waals surface area (Å²) in [5.74, 6) is 2.20. The summed E-state index contributed by atoms with van der Waals surface area (Å²) in [6.07, 6.45) is 6.79. The van der Waals surface area contributed by atoms with Crippen LogP contribution < -0.4 is 0 Å². The van der Waals surface area contributed by atoms with Crippen molar-refractivity contribution in [1.29, 1.82) is 0 Å². The zero-order valence-corrected chi connectivity index (χ0v) is 15.3. The molecule has 2 bridgehead atoms. The Kier molecular flexibility index (Phi) is 2.92. The maximum atomic E-state index is 11.5. The number of aromatic amines is 1. The van der Waals surface area contributed by atoms with Crippen LogP contribution in [0.25, 0.3) is 11.0 Å². The van der Waals surface area contributed by atoms with Gasteiger partial charge in [0.1, 0.15) is 11.0 Å². The highest BCUT2D eigenvalue weighted by molar-refractivity contribution is 5.80. The number of aliphatic hydroxyl groups excluding tert-OH is 1. The van der Waals surface area contributed by atoms with Crippen LogP contribution in [0, 0.1) is 23.2 Å². The summed E-state index contributed by atoms with van der Waals surface area (Å²) in [6, 6.07) is 4.22. The molecule has 5 aliphatic carbocycles. The molecule has 1 aromatic carbocycles. The Bertz CT molecular complexity index is 885. The molecule has 4 saturated carbocycles. The number of benzene rings is 1. The Labute approximate surface area is 153 Å². The first kappa shape index (κ1) is 15.6. The molecule has 4 fully saturated rings. The SMILES string of the molecule is C[C@]12CC[C@@H]3c4ccc5n[nH]nc5c4[C@@H](O)C[C@H]3[C@@H]1C1CCC2(O)CC1. The molecule has 3 N–H and O–H groups in total. The van der Waals surface area contributed by atoms with Crippen LogP contribution >= 0.6 is 0 Å². The van der Waals surface area contributed by atoms with Gasteiger partial charge in [0.15, 0.2) is 0 Å². The summed E-state index contributed by atoms with van der Waals surface area (Å²) in [4.78, 5) is 0. The monoisotopic (exact) mass is 353 g/mol. The van der Waals surface area contributed by atoms with Gasteiger partial charge in [-0.05, 0) is 85.7 Å². The van der Waals surface area contributed by atoms with Crippen molar-refractivity contribution in [2.75, 3.05) is 0 Å². The molecule has 0 spiro atoms. The van der Waals surface area contributed by atoms with Crippen LogP contribution in [0.5, 0.6) is 0 Å². The lowest BCUT2D eigenvalue weighted by molar-refractivity contribution is -0.228. The van der Waals surface area contributed by atoms with Crippen LogP contribution in [-0.2, 0) is 0 Å². The van der Waals surface area contributed by atoms with E-state index in [0.29, 0.717) is 23.7 Å². The maximum absolute atomic E-state index is 11.5. The second-order valence-electron chi connectivity index (χ2n) is 9.63. The molecule has 0 saturated heterocycles. The van der Waals surface area contributed by atoms with Gasteiger partial charge in [-0.25, -0.2) is 0 Å². The third-order valence-electron chi connectivity index (χ3n) is 8.91. The first-order valence-corrected chi connectivity index (χ1v) is 10.3. The topological polar surface area (TPSA) is 82.0 Å². The van der Waals surface area contributed by atoms with Crippen molar-refractivity contribution in [2.45, 2.75) is 69.5 Å². The number of aliphatic hydroxyl groups is 2. The Hall–Kier alpha value is -1.46. The highest BCUT2D eigenvalue weighted by Crippen LogP contribution is 2.69. The fourth-order valence-corrected chi connectivity index (χ4v) is 7.71. The van der Waals surface area contributed by atoms with E-state index in [-0.39, 0.29) is 5.41 Å². The van der Waals surface area contributed by atoms with E-state index in [2.05, 4.69) is 28.4 Å². The largest absolute Gasteiger partial charge is 0.389 e. The Morgan fingerprint density at radius 1 is 1.12 bits per heavy atom. The summed E-state index contributed by atoms with van der Waals surface area (Å²) in [7, 11) is 0. The van der Waals surface area contributed by atoms with Gasteiger partial charge in [0.25, 0.3) is 0 Å². The van der Waals surface area contributed by atoms with Gasteiger partial charge in [-0.15, -0.1) is 0 Å². The number of hydrogen-bond donors (Lipinski definition) is 3. The average Bonchev–Trinajstić information content (AvgIpc) is 3.10. The fraction of sp³-hybridized carbons (Fsp3) is 0.714. The Morgan fingerprint density at radius 2 is 1.92 bits per heavy atom. The zero-order chi connectivity index (χ0) is 17.7. The first-order chi connectivity index (χ1) is 12.5. The number of nitrogens with one attached hydrogen (secondary N) is 1. The molecule has 5 heteroatoms. The average molecular weight is 353 g/mol. The van der Waals surface area contributed by atoms with Crippen molar-refractivity contribution < 1.29 is 10.2 Å².